The molecular formula is C17H23N3O3. The molecule has 2 amide bonds. The van der Waals surface area contributed by atoms with Crippen molar-refractivity contribution in [2.45, 2.75) is 38.1 Å². The van der Waals surface area contributed by atoms with Gasteiger partial charge in [0.1, 0.15) is 11.4 Å². The van der Waals surface area contributed by atoms with E-state index in [2.05, 4.69) is 10.3 Å². The van der Waals surface area contributed by atoms with Gasteiger partial charge in [-0.15, -0.1) is 0 Å². The van der Waals surface area contributed by atoms with E-state index >= 15 is 0 Å². The van der Waals surface area contributed by atoms with Gasteiger partial charge in [0, 0.05) is 19.1 Å². The van der Waals surface area contributed by atoms with Gasteiger partial charge in [-0.2, -0.15) is 0 Å². The Balaban J connectivity index is 1.66. The van der Waals surface area contributed by atoms with E-state index in [9.17, 15) is 9.59 Å². The molecular weight excluding hydrogens is 294 g/mol. The van der Waals surface area contributed by atoms with Gasteiger partial charge in [0.05, 0.1) is 13.2 Å². The second-order valence-corrected chi connectivity index (χ2v) is 6.12. The van der Waals surface area contributed by atoms with Crippen molar-refractivity contribution in [3.63, 3.8) is 0 Å². The Labute approximate surface area is 136 Å². The summed E-state index contributed by atoms with van der Waals surface area (Å²) in [5, 5.41) is 3.03. The van der Waals surface area contributed by atoms with Crippen molar-refractivity contribution in [2.24, 2.45) is 0 Å². The summed E-state index contributed by atoms with van der Waals surface area (Å²) in [6, 6.07) is 5.27. The number of hydrogen-bond donors (Lipinski definition) is 1. The average Bonchev–Trinajstić information content (AvgIpc) is 2.63. The summed E-state index contributed by atoms with van der Waals surface area (Å²) in [4.78, 5) is 30.8. The second-order valence-electron chi connectivity index (χ2n) is 6.12. The van der Waals surface area contributed by atoms with Crippen LogP contribution < -0.4 is 5.32 Å². The Morgan fingerprint density at radius 1 is 1.09 bits per heavy atom. The summed E-state index contributed by atoms with van der Waals surface area (Å²) in [7, 11) is 0. The Bertz CT molecular complexity index is 564. The molecule has 0 unspecified atom stereocenters. The molecule has 0 radical (unpaired) electrons. The molecule has 6 nitrogen and oxygen atoms in total. The molecule has 2 heterocycles. The lowest BCUT2D eigenvalue weighted by Crippen LogP contribution is -2.41. The first-order valence-corrected chi connectivity index (χ1v) is 8.39. The van der Waals surface area contributed by atoms with Crippen LogP contribution in [0.25, 0.3) is 0 Å². The van der Waals surface area contributed by atoms with E-state index < -0.39 is 0 Å². The molecule has 124 valence electrons. The van der Waals surface area contributed by atoms with Crippen molar-refractivity contribution in [1.29, 1.82) is 0 Å². The zero-order valence-electron chi connectivity index (χ0n) is 13.3. The van der Waals surface area contributed by atoms with Crippen LogP contribution in [0.4, 0.5) is 0 Å². The minimum absolute atomic E-state index is 0.138. The Morgan fingerprint density at radius 2 is 1.78 bits per heavy atom. The molecule has 1 aromatic heterocycles. The maximum Gasteiger partial charge on any atom is 0.272 e. The molecule has 2 aliphatic rings. The number of aromatic nitrogens is 1. The first kappa shape index (κ1) is 15.9. The fraction of sp³-hybridized carbons (Fsp3) is 0.588. The number of rotatable bonds is 3. The van der Waals surface area contributed by atoms with E-state index in [4.69, 9.17) is 4.74 Å². The largest absolute Gasteiger partial charge is 0.378 e. The Kier molecular flexibility index (Phi) is 5.23. The van der Waals surface area contributed by atoms with Crippen LogP contribution in [-0.2, 0) is 4.74 Å². The molecule has 1 saturated heterocycles. The summed E-state index contributed by atoms with van der Waals surface area (Å²) in [5.74, 6) is -0.325. The Morgan fingerprint density at radius 3 is 2.52 bits per heavy atom. The van der Waals surface area contributed by atoms with E-state index in [0.29, 0.717) is 37.7 Å². The minimum atomic E-state index is -0.187. The summed E-state index contributed by atoms with van der Waals surface area (Å²) in [6.07, 6.45) is 5.62. The van der Waals surface area contributed by atoms with Crippen LogP contribution >= 0.6 is 0 Å². The van der Waals surface area contributed by atoms with Crippen LogP contribution in [0, 0.1) is 0 Å². The van der Waals surface area contributed by atoms with E-state index in [1.54, 1.807) is 23.1 Å². The molecule has 1 saturated carbocycles. The van der Waals surface area contributed by atoms with Crippen LogP contribution in [-0.4, -0.2) is 54.0 Å². The highest BCUT2D eigenvalue weighted by Gasteiger charge is 2.22. The quantitative estimate of drug-likeness (QED) is 0.919. The van der Waals surface area contributed by atoms with E-state index in [-0.39, 0.29) is 17.9 Å². The molecule has 1 N–H and O–H groups in total. The van der Waals surface area contributed by atoms with Gasteiger partial charge in [-0.1, -0.05) is 25.3 Å². The highest BCUT2D eigenvalue weighted by atomic mass is 16.5. The average molecular weight is 317 g/mol. The zero-order valence-corrected chi connectivity index (χ0v) is 13.3. The van der Waals surface area contributed by atoms with Gasteiger partial charge in [0.15, 0.2) is 0 Å². The number of morpholine rings is 1. The fourth-order valence-electron chi connectivity index (χ4n) is 3.11. The standard InChI is InChI=1S/C17H23N3O3/c21-16(18-13-5-2-1-3-6-13)14-7-4-8-15(19-14)17(22)20-9-11-23-12-10-20/h4,7-8,13H,1-3,5-6,9-12H2,(H,18,21). The van der Waals surface area contributed by atoms with Crippen molar-refractivity contribution in [2.75, 3.05) is 26.3 Å². The molecule has 6 heteroatoms. The normalized spacial score (nSPS) is 19.4. The fourth-order valence-corrected chi connectivity index (χ4v) is 3.11. The Hall–Kier alpha value is -1.95. The van der Waals surface area contributed by atoms with Crippen molar-refractivity contribution in [1.82, 2.24) is 15.2 Å². The van der Waals surface area contributed by atoms with Crippen LogP contribution in [0.5, 0.6) is 0 Å². The predicted molar refractivity (Wildman–Crippen MR) is 85.3 cm³/mol. The van der Waals surface area contributed by atoms with Gasteiger partial charge in [0.2, 0.25) is 0 Å². The summed E-state index contributed by atoms with van der Waals surface area (Å²) < 4.78 is 5.25. The number of nitrogens with one attached hydrogen (secondary N) is 1. The lowest BCUT2D eigenvalue weighted by atomic mass is 9.95. The lowest BCUT2D eigenvalue weighted by Gasteiger charge is -2.26. The molecule has 0 aromatic carbocycles. The maximum absolute atomic E-state index is 12.4. The molecule has 23 heavy (non-hydrogen) atoms. The minimum Gasteiger partial charge on any atom is -0.378 e. The maximum atomic E-state index is 12.4. The van der Waals surface area contributed by atoms with E-state index in [1.165, 1.54) is 6.42 Å². The molecule has 1 aliphatic heterocycles. The van der Waals surface area contributed by atoms with E-state index in [0.717, 1.165) is 25.7 Å². The molecule has 1 aliphatic carbocycles. The number of hydrogen-bond acceptors (Lipinski definition) is 4. The predicted octanol–water partition coefficient (Wildman–Crippen LogP) is 1.62. The number of ether oxygens (including phenoxy) is 1. The van der Waals surface area contributed by atoms with Gasteiger partial charge in [0.25, 0.3) is 11.8 Å². The highest BCUT2D eigenvalue weighted by Crippen LogP contribution is 2.17. The van der Waals surface area contributed by atoms with Gasteiger partial charge in [-0.05, 0) is 25.0 Å². The topological polar surface area (TPSA) is 71.5 Å². The van der Waals surface area contributed by atoms with Gasteiger partial charge in [-0.3, -0.25) is 9.59 Å². The van der Waals surface area contributed by atoms with Crippen molar-refractivity contribution in [3.8, 4) is 0 Å². The monoisotopic (exact) mass is 317 g/mol. The number of nitrogens with zero attached hydrogens (tertiary/aromatic N) is 2. The van der Waals surface area contributed by atoms with Crippen molar-refractivity contribution < 1.29 is 14.3 Å². The molecule has 3 rings (SSSR count). The number of carbonyl (C=O) groups is 2. The second kappa shape index (κ2) is 7.55. The van der Waals surface area contributed by atoms with E-state index in [1.807, 2.05) is 0 Å². The van der Waals surface area contributed by atoms with Crippen LogP contribution in [0.15, 0.2) is 18.2 Å². The van der Waals surface area contributed by atoms with Gasteiger partial charge >= 0.3 is 0 Å². The van der Waals surface area contributed by atoms with Crippen molar-refractivity contribution in [3.05, 3.63) is 29.6 Å². The molecule has 0 bridgehead atoms. The smallest absolute Gasteiger partial charge is 0.272 e. The highest BCUT2D eigenvalue weighted by molar-refractivity contribution is 5.96. The van der Waals surface area contributed by atoms with Crippen molar-refractivity contribution >= 4 is 11.8 Å². The third-order valence-electron chi connectivity index (χ3n) is 4.44. The number of pyridine rings is 1. The third kappa shape index (κ3) is 4.07. The first-order chi connectivity index (χ1) is 11.2. The van der Waals surface area contributed by atoms with Crippen LogP contribution in [0.3, 0.4) is 0 Å². The summed E-state index contributed by atoms with van der Waals surface area (Å²) in [6.45, 7) is 2.24. The first-order valence-electron chi connectivity index (χ1n) is 8.39. The molecule has 2 fully saturated rings. The summed E-state index contributed by atoms with van der Waals surface area (Å²) in [5.41, 5.74) is 0.637. The van der Waals surface area contributed by atoms with Crippen LogP contribution in [0.2, 0.25) is 0 Å². The third-order valence-corrected chi connectivity index (χ3v) is 4.44. The van der Waals surface area contributed by atoms with Gasteiger partial charge < -0.3 is 15.0 Å². The molecule has 0 atom stereocenters. The SMILES string of the molecule is O=C(NC1CCCCC1)c1cccc(C(=O)N2CCOCC2)n1. The molecule has 0 spiro atoms. The lowest BCUT2D eigenvalue weighted by molar-refractivity contribution is 0.0299. The number of carbonyl (C=O) groups excluding carboxylic acids is 2. The van der Waals surface area contributed by atoms with Gasteiger partial charge in [-0.25, -0.2) is 4.98 Å². The number of amides is 2. The van der Waals surface area contributed by atoms with Crippen LogP contribution in [0.1, 0.15) is 53.1 Å². The molecule has 1 aromatic rings. The summed E-state index contributed by atoms with van der Waals surface area (Å²) >= 11 is 0. The zero-order chi connectivity index (χ0) is 16.1.